The molecule has 1 amide bonds. The van der Waals surface area contributed by atoms with Gasteiger partial charge in [0.25, 0.3) is 0 Å². The fraction of sp³-hybridized carbons (Fsp3) is 0.318. The molecule has 4 rings (SSSR count). The smallest absolute Gasteiger partial charge is 0.222 e. The number of aryl methyl sites for hydroxylation is 1. The van der Waals surface area contributed by atoms with Crippen LogP contribution in [0.15, 0.2) is 67.0 Å². The minimum Gasteiger partial charge on any atom is -0.341 e. The Hall–Kier alpha value is -2.95. The van der Waals surface area contributed by atoms with Gasteiger partial charge in [0.1, 0.15) is 12.2 Å². The van der Waals surface area contributed by atoms with Gasteiger partial charge in [-0.05, 0) is 17.5 Å². The van der Waals surface area contributed by atoms with Crippen molar-refractivity contribution in [2.24, 2.45) is 7.05 Å². The van der Waals surface area contributed by atoms with Crippen molar-refractivity contribution in [2.75, 3.05) is 13.1 Å². The van der Waals surface area contributed by atoms with Crippen molar-refractivity contribution in [3.63, 3.8) is 0 Å². The van der Waals surface area contributed by atoms with E-state index in [1.54, 1.807) is 11.0 Å². The van der Waals surface area contributed by atoms with Crippen LogP contribution < -0.4 is 0 Å². The Morgan fingerprint density at radius 2 is 1.63 bits per heavy atom. The fourth-order valence-corrected chi connectivity index (χ4v) is 4.11. The van der Waals surface area contributed by atoms with E-state index >= 15 is 0 Å². The molecule has 3 aromatic rings. The van der Waals surface area contributed by atoms with E-state index in [0.717, 1.165) is 12.2 Å². The van der Waals surface area contributed by atoms with Crippen LogP contribution >= 0.6 is 0 Å². The van der Waals surface area contributed by atoms with E-state index in [2.05, 4.69) is 58.6 Å². The largest absolute Gasteiger partial charge is 0.341 e. The molecule has 0 N–H and O–H groups in total. The van der Waals surface area contributed by atoms with Crippen molar-refractivity contribution >= 4 is 5.91 Å². The van der Waals surface area contributed by atoms with Crippen molar-refractivity contribution < 1.29 is 4.79 Å². The normalized spacial score (nSPS) is 16.5. The molecule has 27 heavy (non-hydrogen) atoms. The Morgan fingerprint density at radius 3 is 2.19 bits per heavy atom. The van der Waals surface area contributed by atoms with Crippen molar-refractivity contribution in [1.82, 2.24) is 19.7 Å². The van der Waals surface area contributed by atoms with Crippen LogP contribution in [0.25, 0.3) is 0 Å². The Kier molecular flexibility index (Phi) is 4.75. The maximum atomic E-state index is 12.7. The van der Waals surface area contributed by atoms with Crippen LogP contribution in [0.1, 0.15) is 29.8 Å². The summed E-state index contributed by atoms with van der Waals surface area (Å²) < 4.78 is 1.77. The van der Waals surface area contributed by atoms with E-state index < -0.39 is 0 Å². The second-order valence-corrected chi connectivity index (χ2v) is 7.18. The first-order chi connectivity index (χ1) is 13.2. The van der Waals surface area contributed by atoms with Crippen LogP contribution in [0.3, 0.4) is 0 Å². The molecule has 1 fully saturated rings. The van der Waals surface area contributed by atoms with Gasteiger partial charge in [-0.3, -0.25) is 9.48 Å². The van der Waals surface area contributed by atoms with Crippen LogP contribution in [0.4, 0.5) is 0 Å². The molecule has 0 bridgehead atoms. The van der Waals surface area contributed by atoms with Gasteiger partial charge in [0, 0.05) is 38.4 Å². The third-order valence-electron chi connectivity index (χ3n) is 5.64. The van der Waals surface area contributed by atoms with Crippen molar-refractivity contribution in [3.05, 3.63) is 83.9 Å². The summed E-state index contributed by atoms with van der Waals surface area (Å²) in [5.74, 6) is 1.12. The van der Waals surface area contributed by atoms with E-state index in [9.17, 15) is 4.79 Å². The number of hydrogen-bond donors (Lipinski definition) is 0. The Balaban J connectivity index is 1.65. The van der Waals surface area contributed by atoms with Gasteiger partial charge in [0.05, 0.1) is 0 Å². The minimum absolute atomic E-state index is 0.170. The number of amides is 1. The second-order valence-electron chi connectivity index (χ2n) is 7.18. The molecule has 2 heterocycles. The van der Waals surface area contributed by atoms with Crippen LogP contribution in [-0.2, 0) is 23.7 Å². The number of carbonyl (C=O) groups excluding carboxylic acids is 1. The monoisotopic (exact) mass is 360 g/mol. The first kappa shape index (κ1) is 17.5. The summed E-state index contributed by atoms with van der Waals surface area (Å²) in [5, 5.41) is 4.13. The average Bonchev–Trinajstić information content (AvgIpc) is 3.14. The fourth-order valence-electron chi connectivity index (χ4n) is 4.11. The molecular formula is C22H24N4O. The molecule has 5 heteroatoms. The number of aromatic nitrogens is 3. The first-order valence-electron chi connectivity index (χ1n) is 9.41. The molecule has 1 aliphatic rings. The van der Waals surface area contributed by atoms with E-state index in [1.807, 2.05) is 24.1 Å². The Labute approximate surface area is 159 Å². The van der Waals surface area contributed by atoms with E-state index in [0.29, 0.717) is 25.9 Å². The number of hydrogen-bond acceptors (Lipinski definition) is 3. The molecule has 0 saturated carbocycles. The number of nitrogens with zero attached hydrogens (tertiary/aromatic N) is 4. The number of rotatable bonds is 5. The first-order valence-corrected chi connectivity index (χ1v) is 9.41. The Bertz CT molecular complexity index is 865. The average molecular weight is 360 g/mol. The topological polar surface area (TPSA) is 51.0 Å². The zero-order valence-electron chi connectivity index (χ0n) is 15.6. The second kappa shape index (κ2) is 7.35. The predicted octanol–water partition coefficient (Wildman–Crippen LogP) is 2.97. The quantitative estimate of drug-likeness (QED) is 0.703. The van der Waals surface area contributed by atoms with Gasteiger partial charge in [-0.2, -0.15) is 5.10 Å². The highest BCUT2D eigenvalue weighted by atomic mass is 16.2. The highest BCUT2D eigenvalue weighted by Gasteiger charge is 2.41. The van der Waals surface area contributed by atoms with E-state index in [1.165, 1.54) is 11.1 Å². The van der Waals surface area contributed by atoms with Gasteiger partial charge in [0.2, 0.25) is 5.91 Å². The predicted molar refractivity (Wildman–Crippen MR) is 104 cm³/mol. The molecule has 0 atom stereocenters. The minimum atomic E-state index is -0.170. The van der Waals surface area contributed by atoms with Gasteiger partial charge in [-0.1, -0.05) is 60.7 Å². The number of carbonyl (C=O) groups is 1. The lowest BCUT2D eigenvalue weighted by atomic mass is 9.69. The van der Waals surface area contributed by atoms with Crippen LogP contribution in [0.2, 0.25) is 0 Å². The molecule has 0 radical (unpaired) electrons. The maximum absolute atomic E-state index is 12.7. The summed E-state index contributed by atoms with van der Waals surface area (Å²) in [7, 11) is 1.89. The summed E-state index contributed by atoms with van der Waals surface area (Å²) in [6, 6.07) is 21.2. The molecule has 0 unspecified atom stereocenters. The summed E-state index contributed by atoms with van der Waals surface area (Å²) >= 11 is 0. The molecule has 138 valence electrons. The zero-order chi connectivity index (χ0) is 18.7. The lowest BCUT2D eigenvalue weighted by Gasteiger charge is -2.43. The number of likely N-dealkylation sites (tertiary alicyclic amines) is 1. The zero-order valence-corrected chi connectivity index (χ0v) is 15.6. The van der Waals surface area contributed by atoms with Gasteiger partial charge < -0.3 is 4.90 Å². The lowest BCUT2D eigenvalue weighted by Crippen LogP contribution is -2.50. The number of piperidine rings is 1. The molecule has 0 aliphatic carbocycles. The standard InChI is InChI=1S/C22H24N4O/c1-25-20(23-17-24-25)13-15-26-16-22(14-12-21(26)27,18-8-4-2-5-9-18)19-10-6-3-7-11-19/h2-11,17H,12-16H2,1H3. The molecule has 1 aliphatic heterocycles. The van der Waals surface area contributed by atoms with E-state index in [-0.39, 0.29) is 11.3 Å². The molecular weight excluding hydrogens is 336 g/mol. The number of benzene rings is 2. The van der Waals surface area contributed by atoms with E-state index in [4.69, 9.17) is 0 Å². The highest BCUT2D eigenvalue weighted by Crippen LogP contribution is 2.40. The third kappa shape index (κ3) is 3.37. The third-order valence-corrected chi connectivity index (χ3v) is 5.64. The van der Waals surface area contributed by atoms with Crippen LogP contribution in [0, 0.1) is 0 Å². The summed E-state index contributed by atoms with van der Waals surface area (Å²) in [5.41, 5.74) is 2.37. The van der Waals surface area contributed by atoms with Crippen LogP contribution in [-0.4, -0.2) is 38.7 Å². The molecule has 2 aromatic carbocycles. The van der Waals surface area contributed by atoms with Crippen molar-refractivity contribution in [1.29, 1.82) is 0 Å². The maximum Gasteiger partial charge on any atom is 0.222 e. The van der Waals surface area contributed by atoms with Gasteiger partial charge in [-0.25, -0.2) is 4.98 Å². The molecule has 1 aromatic heterocycles. The highest BCUT2D eigenvalue weighted by molar-refractivity contribution is 5.78. The summed E-state index contributed by atoms with van der Waals surface area (Å²) in [6.07, 6.45) is 3.66. The van der Waals surface area contributed by atoms with Gasteiger partial charge in [-0.15, -0.1) is 0 Å². The summed E-state index contributed by atoms with van der Waals surface area (Å²) in [4.78, 5) is 19.0. The van der Waals surface area contributed by atoms with Gasteiger partial charge >= 0.3 is 0 Å². The van der Waals surface area contributed by atoms with Crippen LogP contribution in [0.5, 0.6) is 0 Å². The van der Waals surface area contributed by atoms with Gasteiger partial charge in [0.15, 0.2) is 0 Å². The Morgan fingerprint density at radius 1 is 1.00 bits per heavy atom. The van der Waals surface area contributed by atoms with Crippen molar-refractivity contribution in [3.8, 4) is 0 Å². The lowest BCUT2D eigenvalue weighted by molar-refractivity contribution is -0.134. The molecule has 5 nitrogen and oxygen atoms in total. The summed E-state index contributed by atoms with van der Waals surface area (Å²) in [6.45, 7) is 1.35. The SMILES string of the molecule is Cn1ncnc1CCN1CC(c2ccccc2)(c2ccccc2)CCC1=O. The molecule has 1 saturated heterocycles. The van der Waals surface area contributed by atoms with Crippen molar-refractivity contribution in [2.45, 2.75) is 24.7 Å². The molecule has 0 spiro atoms.